The lowest BCUT2D eigenvalue weighted by Gasteiger charge is -2.20. The van der Waals surface area contributed by atoms with Crippen LogP contribution in [0, 0.1) is 0 Å². The van der Waals surface area contributed by atoms with Crippen LogP contribution in [0.25, 0.3) is 0 Å². The molecule has 3 aromatic carbocycles. The molecule has 3 rings (SSSR count). The highest BCUT2D eigenvalue weighted by Crippen LogP contribution is 2.10. The van der Waals surface area contributed by atoms with Crippen molar-refractivity contribution in [3.05, 3.63) is 108 Å². The highest BCUT2D eigenvalue weighted by atomic mass is 16.6. The lowest BCUT2D eigenvalue weighted by Crippen LogP contribution is -2.45. The fourth-order valence-electron chi connectivity index (χ4n) is 4.01. The zero-order valence-corrected chi connectivity index (χ0v) is 23.8. The third-order valence-electron chi connectivity index (χ3n) is 6.36. The van der Waals surface area contributed by atoms with Gasteiger partial charge in [-0.2, -0.15) is 0 Å². The zero-order valence-electron chi connectivity index (χ0n) is 23.8. The highest BCUT2D eigenvalue weighted by Gasteiger charge is 2.26. The fraction of sp³-hybridized carbons (Fsp3) is 0.333. The van der Waals surface area contributed by atoms with E-state index in [0.717, 1.165) is 23.1 Å². The molecule has 0 spiro atoms. The molecule has 0 unspecified atom stereocenters. The quantitative estimate of drug-likeness (QED) is 0.178. The molecule has 3 aromatic rings. The minimum atomic E-state index is -1.14. The first-order valence-corrected chi connectivity index (χ1v) is 14.1. The van der Waals surface area contributed by atoms with E-state index >= 15 is 0 Å². The Bertz CT molecular complexity index is 1250. The molecule has 0 aromatic heterocycles. The van der Waals surface area contributed by atoms with Crippen LogP contribution in [0.4, 0.5) is 4.79 Å². The molecule has 0 saturated heterocycles. The average molecular weight is 575 g/mol. The van der Waals surface area contributed by atoms with Crippen LogP contribution in [0.3, 0.4) is 0 Å². The Morgan fingerprint density at radius 1 is 0.595 bits per heavy atom. The number of unbranched alkanes of at least 4 members (excludes halogenated alkanes) is 1. The number of nitrogens with one attached hydrogen (secondary N) is 2. The van der Waals surface area contributed by atoms with Gasteiger partial charge >= 0.3 is 18.0 Å². The second-order valence-electron chi connectivity index (χ2n) is 9.75. The maximum Gasteiger partial charge on any atom is 0.408 e. The number of carbonyl (C=O) groups excluding carboxylic acids is 4. The minimum absolute atomic E-state index is 0.00938. The number of esters is 2. The van der Waals surface area contributed by atoms with Crippen molar-refractivity contribution in [1.82, 2.24) is 10.6 Å². The van der Waals surface area contributed by atoms with Gasteiger partial charge in [-0.3, -0.25) is 4.79 Å². The van der Waals surface area contributed by atoms with E-state index < -0.39 is 36.0 Å². The number of benzene rings is 3. The van der Waals surface area contributed by atoms with Crippen molar-refractivity contribution in [3.63, 3.8) is 0 Å². The van der Waals surface area contributed by atoms with Gasteiger partial charge in [-0.05, 0) is 29.5 Å². The second-order valence-corrected chi connectivity index (χ2v) is 9.75. The summed E-state index contributed by atoms with van der Waals surface area (Å²) < 4.78 is 16.1. The van der Waals surface area contributed by atoms with Crippen LogP contribution in [-0.4, -0.2) is 36.0 Å². The van der Waals surface area contributed by atoms with Gasteiger partial charge in [0.25, 0.3) is 0 Å². The van der Waals surface area contributed by atoms with Crippen LogP contribution in [0.15, 0.2) is 91.0 Å². The van der Waals surface area contributed by atoms with E-state index in [2.05, 4.69) is 10.6 Å². The Labute approximate surface area is 246 Å². The van der Waals surface area contributed by atoms with Gasteiger partial charge in [0.1, 0.15) is 31.9 Å². The van der Waals surface area contributed by atoms with Crippen LogP contribution in [-0.2, 0) is 48.4 Å². The summed E-state index contributed by atoms with van der Waals surface area (Å²) in [6.07, 6.45) is 0.962. The summed E-state index contributed by atoms with van der Waals surface area (Å²) in [7, 11) is 0. The van der Waals surface area contributed by atoms with Crippen molar-refractivity contribution in [1.29, 1.82) is 0 Å². The second kappa shape index (κ2) is 17.9. The molecule has 2 amide bonds. The summed E-state index contributed by atoms with van der Waals surface area (Å²) in [6, 6.07) is 25.5. The Morgan fingerprint density at radius 3 is 1.48 bits per heavy atom. The van der Waals surface area contributed by atoms with E-state index in [9.17, 15) is 19.2 Å². The maximum absolute atomic E-state index is 12.9. The molecule has 0 heterocycles. The summed E-state index contributed by atoms with van der Waals surface area (Å²) in [5.74, 6) is -1.68. The number of rotatable bonds is 16. The lowest BCUT2D eigenvalue weighted by atomic mass is 10.1. The smallest absolute Gasteiger partial charge is 0.408 e. The van der Waals surface area contributed by atoms with Gasteiger partial charge in [-0.15, -0.1) is 0 Å². The minimum Gasteiger partial charge on any atom is -0.459 e. The SMILES string of the molecule is CCCC[C@H](NC(=O)CC[C@H](NC(=O)OCc1ccccc1)C(=O)OCc1ccccc1)C(=O)OCc1ccccc1. The molecule has 42 heavy (non-hydrogen) atoms. The molecular formula is C33H38N2O7. The highest BCUT2D eigenvalue weighted by molar-refractivity contribution is 5.86. The van der Waals surface area contributed by atoms with Gasteiger partial charge in [-0.25, -0.2) is 14.4 Å². The van der Waals surface area contributed by atoms with E-state index in [1.54, 1.807) is 0 Å². The van der Waals surface area contributed by atoms with E-state index in [1.807, 2.05) is 97.9 Å². The summed E-state index contributed by atoms with van der Waals surface area (Å²) in [5.41, 5.74) is 2.41. The molecule has 0 bridgehead atoms. The molecule has 0 aliphatic carbocycles. The topological polar surface area (TPSA) is 120 Å². The standard InChI is InChI=1S/C33H38N2O7/c1-2-3-19-28(31(37)40-22-25-13-7-4-8-14-25)34-30(36)21-20-29(32(38)41-23-26-15-9-5-10-16-26)35-33(39)42-24-27-17-11-6-12-18-27/h4-18,28-29H,2-3,19-24H2,1H3,(H,34,36)(H,35,39)/t28-,29-/m0/s1. The summed E-state index contributed by atoms with van der Waals surface area (Å²) >= 11 is 0. The first kappa shape index (κ1) is 31.9. The molecule has 0 saturated carbocycles. The van der Waals surface area contributed by atoms with Gasteiger partial charge in [0.2, 0.25) is 5.91 Å². The monoisotopic (exact) mass is 574 g/mol. The van der Waals surface area contributed by atoms with Crippen molar-refractivity contribution >= 4 is 23.9 Å². The summed E-state index contributed by atoms with van der Waals surface area (Å²) in [5, 5.41) is 5.25. The first-order chi connectivity index (χ1) is 20.4. The predicted octanol–water partition coefficient (Wildman–Crippen LogP) is 5.22. The fourth-order valence-corrected chi connectivity index (χ4v) is 4.01. The predicted molar refractivity (Wildman–Crippen MR) is 157 cm³/mol. The molecular weight excluding hydrogens is 536 g/mol. The normalized spacial score (nSPS) is 11.9. The van der Waals surface area contributed by atoms with E-state index in [1.165, 1.54) is 0 Å². The number of amides is 2. The molecule has 0 radical (unpaired) electrons. The van der Waals surface area contributed by atoms with Crippen molar-refractivity contribution in [2.75, 3.05) is 0 Å². The van der Waals surface area contributed by atoms with Crippen LogP contribution in [0.5, 0.6) is 0 Å². The van der Waals surface area contributed by atoms with Crippen molar-refractivity contribution in [3.8, 4) is 0 Å². The van der Waals surface area contributed by atoms with Crippen LogP contribution >= 0.6 is 0 Å². The number of ether oxygens (including phenoxy) is 3. The van der Waals surface area contributed by atoms with E-state index in [0.29, 0.717) is 12.8 Å². The molecule has 0 fully saturated rings. The maximum atomic E-state index is 12.9. The van der Waals surface area contributed by atoms with Crippen LogP contribution in [0.2, 0.25) is 0 Å². The van der Waals surface area contributed by atoms with Gasteiger partial charge in [-0.1, -0.05) is 111 Å². The van der Waals surface area contributed by atoms with Gasteiger partial charge in [0, 0.05) is 6.42 Å². The largest absolute Gasteiger partial charge is 0.459 e. The molecule has 9 heteroatoms. The number of alkyl carbamates (subject to hydrolysis) is 1. The number of hydrogen-bond donors (Lipinski definition) is 2. The molecule has 9 nitrogen and oxygen atoms in total. The van der Waals surface area contributed by atoms with E-state index in [4.69, 9.17) is 14.2 Å². The molecule has 2 N–H and O–H groups in total. The Morgan fingerprint density at radius 2 is 1.02 bits per heavy atom. The number of hydrogen-bond acceptors (Lipinski definition) is 7. The van der Waals surface area contributed by atoms with Gasteiger partial charge < -0.3 is 24.8 Å². The summed E-state index contributed by atoms with van der Waals surface area (Å²) in [4.78, 5) is 51.1. The van der Waals surface area contributed by atoms with Crippen LogP contribution < -0.4 is 10.6 Å². The zero-order chi connectivity index (χ0) is 30.0. The Kier molecular flexibility index (Phi) is 13.6. The summed E-state index contributed by atoms with van der Waals surface area (Å²) in [6.45, 7) is 2.11. The van der Waals surface area contributed by atoms with Crippen molar-refractivity contribution in [2.45, 2.75) is 70.9 Å². The lowest BCUT2D eigenvalue weighted by molar-refractivity contribution is -0.150. The molecule has 0 aliphatic heterocycles. The van der Waals surface area contributed by atoms with Crippen LogP contribution in [0.1, 0.15) is 55.7 Å². The molecule has 222 valence electrons. The molecule has 0 aliphatic rings. The third kappa shape index (κ3) is 11.8. The number of carbonyl (C=O) groups is 4. The van der Waals surface area contributed by atoms with Crippen molar-refractivity contribution < 1.29 is 33.4 Å². The average Bonchev–Trinajstić information content (AvgIpc) is 3.03. The van der Waals surface area contributed by atoms with Crippen molar-refractivity contribution in [2.24, 2.45) is 0 Å². The first-order valence-electron chi connectivity index (χ1n) is 14.1. The van der Waals surface area contributed by atoms with Gasteiger partial charge in [0.15, 0.2) is 0 Å². The Balaban J connectivity index is 1.57. The Hall–Kier alpha value is -4.66. The van der Waals surface area contributed by atoms with Gasteiger partial charge in [0.05, 0.1) is 0 Å². The third-order valence-corrected chi connectivity index (χ3v) is 6.36. The molecule has 2 atom stereocenters. The van der Waals surface area contributed by atoms with E-state index in [-0.39, 0.29) is 32.7 Å².